The highest BCUT2D eigenvalue weighted by Gasteiger charge is 2.11. The van der Waals surface area contributed by atoms with E-state index >= 15 is 0 Å². The first-order valence-electron chi connectivity index (χ1n) is 8.10. The third-order valence-electron chi connectivity index (χ3n) is 4.11. The van der Waals surface area contributed by atoms with Crippen molar-refractivity contribution in [3.8, 4) is 5.75 Å². The van der Waals surface area contributed by atoms with Crippen molar-refractivity contribution in [2.45, 2.75) is 32.0 Å². The summed E-state index contributed by atoms with van der Waals surface area (Å²) in [7, 11) is 0. The summed E-state index contributed by atoms with van der Waals surface area (Å²) in [5, 5.41) is 7.03. The summed E-state index contributed by atoms with van der Waals surface area (Å²) >= 11 is 0. The maximum atomic E-state index is 5.81. The van der Waals surface area contributed by atoms with Crippen molar-refractivity contribution in [1.82, 2.24) is 10.6 Å². The molecule has 0 radical (unpaired) electrons. The highest BCUT2D eigenvalue weighted by molar-refractivity contribution is 5.27. The zero-order valence-corrected chi connectivity index (χ0v) is 12.9. The van der Waals surface area contributed by atoms with E-state index in [1.807, 2.05) is 18.2 Å². The summed E-state index contributed by atoms with van der Waals surface area (Å²) in [6, 6.07) is 19.3. The normalized spacial score (nSPS) is 15.6. The Morgan fingerprint density at radius 1 is 0.909 bits per heavy atom. The minimum atomic E-state index is 0.619. The van der Waals surface area contributed by atoms with Crippen molar-refractivity contribution in [2.75, 3.05) is 13.1 Å². The fraction of sp³-hybridized carbons (Fsp3) is 0.368. The van der Waals surface area contributed by atoms with Crippen LogP contribution >= 0.6 is 0 Å². The number of benzene rings is 2. The summed E-state index contributed by atoms with van der Waals surface area (Å²) in [5.74, 6) is 0.925. The third kappa shape index (κ3) is 4.58. The second-order valence-corrected chi connectivity index (χ2v) is 5.82. The van der Waals surface area contributed by atoms with E-state index in [2.05, 4.69) is 47.0 Å². The van der Waals surface area contributed by atoms with Gasteiger partial charge in [-0.3, -0.25) is 0 Å². The molecule has 0 aliphatic carbocycles. The number of ether oxygens (including phenoxy) is 1. The van der Waals surface area contributed by atoms with Crippen LogP contribution in [0.1, 0.15) is 24.0 Å². The molecule has 0 aromatic heterocycles. The van der Waals surface area contributed by atoms with E-state index in [-0.39, 0.29) is 0 Å². The van der Waals surface area contributed by atoms with E-state index in [0.717, 1.165) is 25.4 Å². The van der Waals surface area contributed by atoms with E-state index in [0.29, 0.717) is 12.6 Å². The molecule has 2 aromatic rings. The maximum Gasteiger partial charge on any atom is 0.119 e. The maximum absolute atomic E-state index is 5.81. The van der Waals surface area contributed by atoms with Gasteiger partial charge >= 0.3 is 0 Å². The Bertz CT molecular complexity index is 547. The van der Waals surface area contributed by atoms with Crippen molar-refractivity contribution in [1.29, 1.82) is 0 Å². The molecule has 3 nitrogen and oxygen atoms in total. The summed E-state index contributed by atoms with van der Waals surface area (Å²) in [4.78, 5) is 0. The minimum Gasteiger partial charge on any atom is -0.489 e. The second kappa shape index (κ2) is 7.97. The molecular weight excluding hydrogens is 272 g/mol. The average Bonchev–Trinajstić information content (AvgIpc) is 2.61. The highest BCUT2D eigenvalue weighted by Crippen LogP contribution is 2.14. The Balaban J connectivity index is 1.45. The standard InChI is InChI=1S/C19H24N2O/c1-2-4-17(5-3-1)15-22-19-8-6-16(7-9-19)14-21-18-10-12-20-13-11-18/h1-9,18,20-21H,10-15H2. The van der Waals surface area contributed by atoms with Crippen molar-refractivity contribution in [3.05, 3.63) is 65.7 Å². The number of nitrogens with one attached hydrogen (secondary N) is 2. The van der Waals surface area contributed by atoms with Crippen LogP contribution < -0.4 is 15.4 Å². The van der Waals surface area contributed by atoms with Gasteiger partial charge in [0.05, 0.1) is 0 Å². The van der Waals surface area contributed by atoms with Gasteiger partial charge in [0.25, 0.3) is 0 Å². The Labute approximate surface area is 132 Å². The Morgan fingerprint density at radius 2 is 1.64 bits per heavy atom. The lowest BCUT2D eigenvalue weighted by Crippen LogP contribution is -2.39. The smallest absolute Gasteiger partial charge is 0.119 e. The largest absolute Gasteiger partial charge is 0.489 e. The van der Waals surface area contributed by atoms with Gasteiger partial charge in [0.2, 0.25) is 0 Å². The van der Waals surface area contributed by atoms with Crippen LogP contribution in [0.25, 0.3) is 0 Å². The lowest BCUT2D eigenvalue weighted by Gasteiger charge is -2.23. The first-order valence-corrected chi connectivity index (χ1v) is 8.10. The molecule has 0 unspecified atom stereocenters. The monoisotopic (exact) mass is 296 g/mol. The molecule has 0 bridgehead atoms. The van der Waals surface area contributed by atoms with Crippen molar-refractivity contribution in [2.24, 2.45) is 0 Å². The van der Waals surface area contributed by atoms with Gasteiger partial charge < -0.3 is 15.4 Å². The molecule has 1 aliphatic rings. The lowest BCUT2D eigenvalue weighted by atomic mass is 10.1. The Kier molecular flexibility index (Phi) is 5.46. The molecule has 0 spiro atoms. The molecular formula is C19H24N2O. The predicted octanol–water partition coefficient (Wildman–Crippen LogP) is 3.11. The molecule has 0 amide bonds. The second-order valence-electron chi connectivity index (χ2n) is 5.82. The van der Waals surface area contributed by atoms with Crippen LogP contribution in [-0.2, 0) is 13.2 Å². The lowest BCUT2D eigenvalue weighted by molar-refractivity contribution is 0.306. The van der Waals surface area contributed by atoms with Crippen molar-refractivity contribution < 1.29 is 4.74 Å². The van der Waals surface area contributed by atoms with Crippen LogP contribution in [0.2, 0.25) is 0 Å². The van der Waals surface area contributed by atoms with E-state index in [4.69, 9.17) is 4.74 Å². The first kappa shape index (κ1) is 15.1. The quantitative estimate of drug-likeness (QED) is 0.859. The molecule has 0 saturated carbocycles. The van der Waals surface area contributed by atoms with Crippen LogP contribution in [0, 0.1) is 0 Å². The number of hydrogen-bond donors (Lipinski definition) is 2. The summed E-state index contributed by atoms with van der Waals surface area (Å²) in [5.41, 5.74) is 2.50. The summed E-state index contributed by atoms with van der Waals surface area (Å²) < 4.78 is 5.81. The van der Waals surface area contributed by atoms with Crippen molar-refractivity contribution >= 4 is 0 Å². The SMILES string of the molecule is c1ccc(COc2ccc(CNC3CCNCC3)cc2)cc1. The molecule has 1 aliphatic heterocycles. The summed E-state index contributed by atoms with van der Waals surface area (Å²) in [6.45, 7) is 3.81. The molecule has 2 aromatic carbocycles. The fourth-order valence-corrected chi connectivity index (χ4v) is 2.73. The van der Waals surface area contributed by atoms with Gasteiger partial charge in [-0.1, -0.05) is 42.5 Å². The summed E-state index contributed by atoms with van der Waals surface area (Å²) in [6.07, 6.45) is 2.44. The van der Waals surface area contributed by atoms with Crippen LogP contribution in [0.15, 0.2) is 54.6 Å². The first-order chi connectivity index (χ1) is 10.9. The molecule has 1 heterocycles. The van der Waals surface area contributed by atoms with Gasteiger partial charge in [-0.15, -0.1) is 0 Å². The molecule has 3 heteroatoms. The number of rotatable bonds is 6. The topological polar surface area (TPSA) is 33.3 Å². The highest BCUT2D eigenvalue weighted by atomic mass is 16.5. The van der Waals surface area contributed by atoms with Crippen LogP contribution in [0.3, 0.4) is 0 Å². The van der Waals surface area contributed by atoms with Gasteiger partial charge in [-0.05, 0) is 49.2 Å². The van der Waals surface area contributed by atoms with Gasteiger partial charge in [-0.2, -0.15) is 0 Å². The molecule has 3 rings (SSSR count). The van der Waals surface area contributed by atoms with Crippen LogP contribution in [0.4, 0.5) is 0 Å². The Hall–Kier alpha value is -1.84. The third-order valence-corrected chi connectivity index (χ3v) is 4.11. The molecule has 116 valence electrons. The van der Waals surface area contributed by atoms with Gasteiger partial charge in [0, 0.05) is 12.6 Å². The minimum absolute atomic E-state index is 0.619. The molecule has 22 heavy (non-hydrogen) atoms. The van der Waals surface area contributed by atoms with Crippen LogP contribution in [-0.4, -0.2) is 19.1 Å². The zero-order valence-electron chi connectivity index (χ0n) is 12.9. The van der Waals surface area contributed by atoms with E-state index in [9.17, 15) is 0 Å². The van der Waals surface area contributed by atoms with Crippen molar-refractivity contribution in [3.63, 3.8) is 0 Å². The molecule has 2 N–H and O–H groups in total. The molecule has 1 saturated heterocycles. The van der Waals surface area contributed by atoms with Gasteiger partial charge in [0.1, 0.15) is 12.4 Å². The predicted molar refractivity (Wildman–Crippen MR) is 89.9 cm³/mol. The van der Waals surface area contributed by atoms with E-state index in [1.54, 1.807) is 0 Å². The zero-order chi connectivity index (χ0) is 15.0. The average molecular weight is 296 g/mol. The molecule has 1 fully saturated rings. The number of hydrogen-bond acceptors (Lipinski definition) is 3. The van der Waals surface area contributed by atoms with Crippen LogP contribution in [0.5, 0.6) is 5.75 Å². The van der Waals surface area contributed by atoms with E-state index in [1.165, 1.54) is 24.0 Å². The van der Waals surface area contributed by atoms with E-state index < -0.39 is 0 Å². The van der Waals surface area contributed by atoms with Gasteiger partial charge in [-0.25, -0.2) is 0 Å². The fourth-order valence-electron chi connectivity index (χ4n) is 2.73. The molecule has 0 atom stereocenters. The Morgan fingerprint density at radius 3 is 2.36 bits per heavy atom. The van der Waals surface area contributed by atoms with Gasteiger partial charge in [0.15, 0.2) is 0 Å². The number of piperidine rings is 1.